The van der Waals surface area contributed by atoms with Crippen molar-refractivity contribution in [3.05, 3.63) is 64.5 Å². The van der Waals surface area contributed by atoms with Crippen molar-refractivity contribution in [1.29, 1.82) is 0 Å². The van der Waals surface area contributed by atoms with Gasteiger partial charge in [0, 0.05) is 18.1 Å². The van der Waals surface area contributed by atoms with Gasteiger partial charge in [-0.1, -0.05) is 18.2 Å². The SMILES string of the molecule is O=C(COC(=O)Cc1coc(-c2ccccc2)n1)Nc1cc2c(cc1[N+](=O)[O-])OCCCO2. The zero-order valence-electron chi connectivity index (χ0n) is 17.3. The highest BCUT2D eigenvalue weighted by Gasteiger charge is 2.23. The largest absolute Gasteiger partial charge is 0.489 e. The van der Waals surface area contributed by atoms with Crippen LogP contribution in [0.15, 0.2) is 53.1 Å². The molecule has 0 bridgehead atoms. The molecule has 3 aromatic rings. The van der Waals surface area contributed by atoms with Crippen LogP contribution >= 0.6 is 0 Å². The van der Waals surface area contributed by atoms with E-state index in [2.05, 4.69) is 10.3 Å². The van der Waals surface area contributed by atoms with Crippen molar-refractivity contribution >= 4 is 23.3 Å². The lowest BCUT2D eigenvalue weighted by Gasteiger charge is -2.11. The van der Waals surface area contributed by atoms with E-state index in [1.165, 1.54) is 18.4 Å². The molecule has 0 atom stereocenters. The number of anilines is 1. The predicted molar refractivity (Wildman–Crippen MR) is 114 cm³/mol. The Hall–Kier alpha value is -4.41. The van der Waals surface area contributed by atoms with Gasteiger partial charge < -0.3 is 23.9 Å². The summed E-state index contributed by atoms with van der Waals surface area (Å²) in [5.41, 5.74) is 0.648. The van der Waals surface area contributed by atoms with Crippen LogP contribution < -0.4 is 14.8 Å². The van der Waals surface area contributed by atoms with Crippen molar-refractivity contribution in [2.24, 2.45) is 0 Å². The molecule has 0 saturated carbocycles. The zero-order valence-corrected chi connectivity index (χ0v) is 17.3. The lowest BCUT2D eigenvalue weighted by Crippen LogP contribution is -2.22. The average molecular weight is 453 g/mol. The predicted octanol–water partition coefficient (Wildman–Crippen LogP) is 3.14. The Morgan fingerprint density at radius 2 is 1.85 bits per heavy atom. The Morgan fingerprint density at radius 1 is 1.12 bits per heavy atom. The number of carbonyl (C=O) groups excluding carboxylic acids is 2. The normalized spacial score (nSPS) is 12.5. The minimum Gasteiger partial charge on any atom is -0.489 e. The molecular weight excluding hydrogens is 434 g/mol. The number of nitrogens with one attached hydrogen (secondary N) is 1. The number of nitrogens with zero attached hydrogens (tertiary/aromatic N) is 2. The molecule has 1 amide bonds. The molecule has 0 spiro atoms. The number of oxazole rings is 1. The van der Waals surface area contributed by atoms with E-state index < -0.39 is 23.4 Å². The van der Waals surface area contributed by atoms with E-state index in [-0.39, 0.29) is 29.3 Å². The fourth-order valence-electron chi connectivity index (χ4n) is 3.08. The van der Waals surface area contributed by atoms with Gasteiger partial charge in [-0.25, -0.2) is 4.98 Å². The first kappa shape index (κ1) is 21.8. The molecule has 33 heavy (non-hydrogen) atoms. The molecule has 11 nitrogen and oxygen atoms in total. The standard InChI is InChI=1S/C22H19N3O8/c26-20(24-16-10-18-19(11-17(16)25(28)29)31-8-4-7-30-18)13-32-21(27)9-15-12-33-22(23-15)14-5-2-1-3-6-14/h1-3,5-6,10-12H,4,7-9,13H2,(H,24,26). The average Bonchev–Trinajstić information content (AvgIpc) is 3.15. The van der Waals surface area contributed by atoms with E-state index in [0.717, 1.165) is 5.56 Å². The first-order valence-electron chi connectivity index (χ1n) is 10.0. The summed E-state index contributed by atoms with van der Waals surface area (Å²) in [4.78, 5) is 39.3. The number of ether oxygens (including phenoxy) is 3. The molecular formula is C22H19N3O8. The van der Waals surface area contributed by atoms with Crippen LogP contribution in [0.3, 0.4) is 0 Å². The number of hydrogen-bond donors (Lipinski definition) is 1. The molecule has 2 aromatic carbocycles. The van der Waals surface area contributed by atoms with Gasteiger partial charge >= 0.3 is 5.97 Å². The van der Waals surface area contributed by atoms with E-state index in [4.69, 9.17) is 18.6 Å². The quantitative estimate of drug-likeness (QED) is 0.324. The van der Waals surface area contributed by atoms with E-state index in [1.807, 2.05) is 30.3 Å². The monoisotopic (exact) mass is 453 g/mol. The maximum Gasteiger partial charge on any atom is 0.312 e. The highest BCUT2D eigenvalue weighted by Crippen LogP contribution is 2.39. The van der Waals surface area contributed by atoms with Crippen LogP contribution in [0.4, 0.5) is 11.4 Å². The summed E-state index contributed by atoms with van der Waals surface area (Å²) in [6.45, 7) is 0.113. The Labute approximate surface area is 187 Å². The van der Waals surface area contributed by atoms with Gasteiger partial charge in [-0.05, 0) is 12.1 Å². The molecule has 1 aliphatic rings. The topological polar surface area (TPSA) is 143 Å². The summed E-state index contributed by atoms with van der Waals surface area (Å²) in [5, 5.41) is 13.8. The molecule has 2 heterocycles. The number of esters is 1. The Morgan fingerprint density at radius 3 is 2.58 bits per heavy atom. The molecule has 1 N–H and O–H groups in total. The molecule has 4 rings (SSSR count). The van der Waals surface area contributed by atoms with Gasteiger partial charge in [0.15, 0.2) is 18.1 Å². The summed E-state index contributed by atoms with van der Waals surface area (Å²) in [6, 6.07) is 11.7. The molecule has 0 aliphatic carbocycles. The summed E-state index contributed by atoms with van der Waals surface area (Å²) in [7, 11) is 0. The highest BCUT2D eigenvalue weighted by atomic mass is 16.6. The van der Waals surface area contributed by atoms with Gasteiger partial charge in [0.25, 0.3) is 11.6 Å². The second-order valence-electron chi connectivity index (χ2n) is 7.02. The van der Waals surface area contributed by atoms with E-state index in [9.17, 15) is 19.7 Å². The third-order valence-corrected chi connectivity index (χ3v) is 4.60. The Bertz CT molecular complexity index is 1180. The molecule has 1 aliphatic heterocycles. The number of fused-ring (bicyclic) bond motifs is 1. The summed E-state index contributed by atoms with van der Waals surface area (Å²) in [6.07, 6.45) is 1.76. The zero-order chi connectivity index (χ0) is 23.2. The fraction of sp³-hybridized carbons (Fsp3) is 0.227. The second kappa shape index (κ2) is 9.81. The lowest BCUT2D eigenvalue weighted by atomic mass is 10.2. The third-order valence-electron chi connectivity index (χ3n) is 4.60. The number of benzene rings is 2. The van der Waals surface area contributed by atoms with E-state index in [0.29, 0.717) is 31.2 Å². The van der Waals surface area contributed by atoms with Gasteiger partial charge in [0.2, 0.25) is 5.89 Å². The van der Waals surface area contributed by atoms with Gasteiger partial charge in [-0.2, -0.15) is 0 Å². The number of hydrogen-bond acceptors (Lipinski definition) is 9. The maximum atomic E-state index is 12.3. The molecule has 0 unspecified atom stereocenters. The molecule has 0 radical (unpaired) electrons. The van der Waals surface area contributed by atoms with Crippen molar-refractivity contribution in [1.82, 2.24) is 4.98 Å². The molecule has 11 heteroatoms. The van der Waals surface area contributed by atoms with Gasteiger partial charge in [-0.15, -0.1) is 0 Å². The van der Waals surface area contributed by atoms with Gasteiger partial charge in [-0.3, -0.25) is 19.7 Å². The number of nitro benzene ring substituents is 1. The van der Waals surface area contributed by atoms with Crippen LogP contribution in [0.1, 0.15) is 12.1 Å². The minimum absolute atomic E-state index is 0.0886. The lowest BCUT2D eigenvalue weighted by molar-refractivity contribution is -0.384. The summed E-state index contributed by atoms with van der Waals surface area (Å²) < 4.78 is 21.3. The first-order chi connectivity index (χ1) is 16.0. The second-order valence-corrected chi connectivity index (χ2v) is 7.02. The van der Waals surface area contributed by atoms with Crippen LogP contribution in [0.25, 0.3) is 11.5 Å². The van der Waals surface area contributed by atoms with Crippen molar-refractivity contribution in [2.45, 2.75) is 12.8 Å². The molecule has 0 fully saturated rings. The Balaban J connectivity index is 1.35. The first-order valence-corrected chi connectivity index (χ1v) is 10.0. The van der Waals surface area contributed by atoms with Crippen molar-refractivity contribution in [3.8, 4) is 23.0 Å². The van der Waals surface area contributed by atoms with Crippen LogP contribution in [0.2, 0.25) is 0 Å². The Kier molecular flexibility index (Phi) is 6.48. The molecule has 1 aromatic heterocycles. The van der Waals surface area contributed by atoms with Crippen molar-refractivity contribution in [3.63, 3.8) is 0 Å². The maximum absolute atomic E-state index is 12.3. The van der Waals surface area contributed by atoms with E-state index in [1.54, 1.807) is 0 Å². The van der Waals surface area contributed by atoms with Crippen molar-refractivity contribution < 1.29 is 33.1 Å². The number of carbonyl (C=O) groups is 2. The fourth-order valence-corrected chi connectivity index (χ4v) is 3.08. The smallest absolute Gasteiger partial charge is 0.312 e. The number of amides is 1. The molecule has 170 valence electrons. The summed E-state index contributed by atoms with van der Waals surface area (Å²) >= 11 is 0. The van der Waals surface area contributed by atoms with Crippen LogP contribution in [-0.2, 0) is 20.7 Å². The number of nitro groups is 1. The van der Waals surface area contributed by atoms with Crippen LogP contribution in [0, 0.1) is 10.1 Å². The van der Waals surface area contributed by atoms with Gasteiger partial charge in [0.1, 0.15) is 12.0 Å². The van der Waals surface area contributed by atoms with Crippen LogP contribution in [-0.4, -0.2) is 41.6 Å². The summed E-state index contributed by atoms with van der Waals surface area (Å²) in [5.74, 6) is -0.577. The highest BCUT2D eigenvalue weighted by molar-refractivity contribution is 5.95. The van der Waals surface area contributed by atoms with Gasteiger partial charge in [0.05, 0.1) is 36.3 Å². The van der Waals surface area contributed by atoms with E-state index >= 15 is 0 Å². The minimum atomic E-state index is -0.744. The van der Waals surface area contributed by atoms with Crippen molar-refractivity contribution in [2.75, 3.05) is 25.1 Å². The number of rotatable bonds is 7. The third kappa shape index (κ3) is 5.45. The molecule has 0 saturated heterocycles. The number of aromatic nitrogens is 1. The van der Waals surface area contributed by atoms with Crippen LogP contribution in [0.5, 0.6) is 11.5 Å².